The van der Waals surface area contributed by atoms with E-state index >= 15 is 0 Å². The summed E-state index contributed by atoms with van der Waals surface area (Å²) in [6, 6.07) is 9.53. The molecule has 2 rings (SSSR count). The van der Waals surface area contributed by atoms with Gasteiger partial charge >= 0.3 is 5.69 Å². The Morgan fingerprint density at radius 1 is 1.30 bits per heavy atom. The molecule has 9 nitrogen and oxygen atoms in total. The number of amides is 1. The first-order chi connectivity index (χ1) is 12.9. The summed E-state index contributed by atoms with van der Waals surface area (Å²) in [7, 11) is 1.34. The topological polar surface area (TPSA) is 123 Å². The van der Waals surface area contributed by atoms with Crippen molar-refractivity contribution >= 4 is 17.8 Å². The van der Waals surface area contributed by atoms with E-state index in [1.165, 1.54) is 13.2 Å². The molecule has 2 N–H and O–H groups in total. The minimum Gasteiger partial charge on any atom is -0.502 e. The van der Waals surface area contributed by atoms with Crippen LogP contribution in [0.5, 0.6) is 17.2 Å². The molecule has 27 heavy (non-hydrogen) atoms. The Labute approximate surface area is 155 Å². The lowest BCUT2D eigenvalue weighted by Gasteiger charge is -2.05. The molecule has 0 aliphatic carbocycles. The highest BCUT2D eigenvalue weighted by molar-refractivity contribution is 5.88. The van der Waals surface area contributed by atoms with Gasteiger partial charge in [-0.25, -0.2) is 5.43 Å². The Bertz CT molecular complexity index is 849. The average Bonchev–Trinajstić information content (AvgIpc) is 2.64. The van der Waals surface area contributed by atoms with Gasteiger partial charge in [-0.1, -0.05) is 12.1 Å². The minimum atomic E-state index is -0.736. The zero-order chi connectivity index (χ0) is 19.8. The number of hydrogen-bond acceptors (Lipinski definition) is 7. The summed E-state index contributed by atoms with van der Waals surface area (Å²) in [5.74, 6) is -0.0472. The molecule has 0 aliphatic heterocycles. The van der Waals surface area contributed by atoms with Gasteiger partial charge in [-0.2, -0.15) is 5.10 Å². The van der Waals surface area contributed by atoms with Crippen molar-refractivity contribution in [3.05, 3.63) is 57.6 Å². The van der Waals surface area contributed by atoms with Gasteiger partial charge in [0.25, 0.3) is 0 Å². The number of rotatable bonds is 8. The molecule has 0 unspecified atom stereocenters. The molecule has 0 aromatic heterocycles. The van der Waals surface area contributed by atoms with Crippen molar-refractivity contribution < 1.29 is 24.3 Å². The largest absolute Gasteiger partial charge is 0.502 e. The van der Waals surface area contributed by atoms with Gasteiger partial charge in [0, 0.05) is 5.56 Å². The number of nitrogens with zero attached hydrogens (tertiary/aromatic N) is 2. The van der Waals surface area contributed by atoms with Gasteiger partial charge < -0.3 is 14.6 Å². The first-order valence-corrected chi connectivity index (χ1v) is 8.03. The molecule has 1 amide bonds. The lowest BCUT2D eigenvalue weighted by molar-refractivity contribution is -0.385. The van der Waals surface area contributed by atoms with Gasteiger partial charge in [0.05, 0.1) is 37.3 Å². The second-order valence-electron chi connectivity index (χ2n) is 5.39. The van der Waals surface area contributed by atoms with E-state index < -0.39 is 16.4 Å². The van der Waals surface area contributed by atoms with Crippen LogP contribution < -0.4 is 14.9 Å². The Hall–Kier alpha value is -3.62. The Kier molecular flexibility index (Phi) is 6.70. The second-order valence-corrected chi connectivity index (χ2v) is 5.39. The van der Waals surface area contributed by atoms with Gasteiger partial charge in [-0.15, -0.1) is 0 Å². The van der Waals surface area contributed by atoms with Crippen LogP contribution in [0.2, 0.25) is 0 Å². The predicted molar refractivity (Wildman–Crippen MR) is 98.4 cm³/mol. The van der Waals surface area contributed by atoms with Crippen molar-refractivity contribution in [2.24, 2.45) is 5.10 Å². The van der Waals surface area contributed by atoms with Crippen LogP contribution in [0.15, 0.2) is 41.5 Å². The van der Waals surface area contributed by atoms with Crippen molar-refractivity contribution in [3.63, 3.8) is 0 Å². The van der Waals surface area contributed by atoms with Crippen molar-refractivity contribution in [2.75, 3.05) is 13.7 Å². The summed E-state index contributed by atoms with van der Waals surface area (Å²) in [6.45, 7) is 2.44. The number of carbonyl (C=O) groups is 1. The van der Waals surface area contributed by atoms with E-state index in [1.54, 1.807) is 24.3 Å². The van der Waals surface area contributed by atoms with Crippen LogP contribution in [0.4, 0.5) is 5.69 Å². The van der Waals surface area contributed by atoms with Crippen LogP contribution in [-0.4, -0.2) is 35.9 Å². The molecule has 0 fully saturated rings. The van der Waals surface area contributed by atoms with Crippen molar-refractivity contribution in [1.82, 2.24) is 5.43 Å². The van der Waals surface area contributed by atoms with Crippen molar-refractivity contribution in [2.45, 2.75) is 13.3 Å². The summed E-state index contributed by atoms with van der Waals surface area (Å²) in [6.07, 6.45) is 1.20. The van der Waals surface area contributed by atoms with Crippen LogP contribution in [0, 0.1) is 10.1 Å². The fourth-order valence-corrected chi connectivity index (χ4v) is 2.24. The number of hydrogen-bond donors (Lipinski definition) is 2. The Balaban J connectivity index is 2.03. The van der Waals surface area contributed by atoms with Crippen LogP contribution in [0.1, 0.15) is 18.1 Å². The highest BCUT2D eigenvalue weighted by atomic mass is 16.6. The maximum absolute atomic E-state index is 11.9. The molecule has 0 bridgehead atoms. The fourth-order valence-electron chi connectivity index (χ4n) is 2.24. The number of ether oxygens (including phenoxy) is 2. The number of carbonyl (C=O) groups excluding carboxylic acids is 1. The van der Waals surface area contributed by atoms with E-state index in [0.29, 0.717) is 6.61 Å². The van der Waals surface area contributed by atoms with Crippen LogP contribution in [0.25, 0.3) is 0 Å². The van der Waals surface area contributed by atoms with E-state index in [-0.39, 0.29) is 23.6 Å². The lowest BCUT2D eigenvalue weighted by atomic mass is 10.1. The molecule has 142 valence electrons. The fraction of sp³-hybridized carbons (Fsp3) is 0.222. The minimum absolute atomic E-state index is 0.0439. The summed E-state index contributed by atoms with van der Waals surface area (Å²) >= 11 is 0. The first-order valence-electron chi connectivity index (χ1n) is 8.03. The van der Waals surface area contributed by atoms with Crippen molar-refractivity contribution in [3.8, 4) is 17.2 Å². The third-order valence-corrected chi connectivity index (χ3v) is 3.52. The SMILES string of the molecule is CCOc1ccc(CC(=O)N/N=C/c2cc(OC)cc([N+](=O)[O-])c2O)cc1. The molecule has 9 heteroatoms. The molecule has 2 aromatic rings. The van der Waals surface area contributed by atoms with E-state index in [1.807, 2.05) is 6.92 Å². The summed E-state index contributed by atoms with van der Waals surface area (Å²) in [5, 5.41) is 24.6. The molecule has 0 saturated heterocycles. The number of hydrazone groups is 1. The van der Waals surface area contributed by atoms with E-state index in [9.17, 15) is 20.0 Å². The van der Waals surface area contributed by atoms with Crippen LogP contribution >= 0.6 is 0 Å². The molecule has 2 aromatic carbocycles. The van der Waals surface area contributed by atoms with Gasteiger partial charge in [0.15, 0.2) is 0 Å². The maximum Gasteiger partial charge on any atom is 0.315 e. The lowest BCUT2D eigenvalue weighted by Crippen LogP contribution is -2.19. The van der Waals surface area contributed by atoms with Crippen LogP contribution in [0.3, 0.4) is 0 Å². The van der Waals surface area contributed by atoms with Gasteiger partial charge in [-0.3, -0.25) is 14.9 Å². The molecule has 0 spiro atoms. The smallest absolute Gasteiger partial charge is 0.315 e. The number of nitrogens with one attached hydrogen (secondary N) is 1. The van der Waals surface area contributed by atoms with E-state index in [0.717, 1.165) is 23.6 Å². The second kappa shape index (κ2) is 9.18. The highest BCUT2D eigenvalue weighted by Gasteiger charge is 2.18. The molecule has 0 aliphatic rings. The van der Waals surface area contributed by atoms with Gasteiger partial charge in [0.2, 0.25) is 11.7 Å². The molecular formula is C18H19N3O6. The summed E-state index contributed by atoms with van der Waals surface area (Å²) in [5.41, 5.74) is 2.61. The quantitative estimate of drug-likeness (QED) is 0.416. The van der Waals surface area contributed by atoms with Gasteiger partial charge in [0.1, 0.15) is 11.5 Å². The third-order valence-electron chi connectivity index (χ3n) is 3.52. The van der Waals surface area contributed by atoms with E-state index in [4.69, 9.17) is 9.47 Å². The predicted octanol–water partition coefficient (Wildman–Crippen LogP) is 2.40. The zero-order valence-corrected chi connectivity index (χ0v) is 14.8. The molecule has 0 saturated carbocycles. The molecular weight excluding hydrogens is 354 g/mol. The first kappa shape index (κ1) is 19.7. The highest BCUT2D eigenvalue weighted by Crippen LogP contribution is 2.33. The molecule has 0 radical (unpaired) electrons. The number of benzene rings is 2. The number of aromatic hydroxyl groups is 1. The van der Waals surface area contributed by atoms with E-state index in [2.05, 4.69) is 10.5 Å². The van der Waals surface area contributed by atoms with Crippen LogP contribution in [-0.2, 0) is 11.2 Å². The number of phenols is 1. The number of methoxy groups -OCH3 is 1. The Morgan fingerprint density at radius 3 is 2.59 bits per heavy atom. The number of phenolic OH excluding ortho intramolecular Hbond substituents is 1. The Morgan fingerprint density at radius 2 is 2.00 bits per heavy atom. The standard InChI is InChI=1S/C18H19N3O6/c1-3-27-14-6-4-12(5-7-14)8-17(22)20-19-11-13-9-15(26-2)10-16(18(13)23)21(24)25/h4-7,9-11,23H,3,8H2,1-2H3,(H,20,22)/b19-11+. The normalized spacial score (nSPS) is 10.6. The molecule has 0 heterocycles. The van der Waals surface area contributed by atoms with Gasteiger partial charge in [-0.05, 0) is 30.7 Å². The summed E-state index contributed by atoms with van der Waals surface area (Å²) < 4.78 is 10.3. The number of nitro benzene ring substituents is 1. The average molecular weight is 373 g/mol. The number of nitro groups is 1. The monoisotopic (exact) mass is 373 g/mol. The summed E-state index contributed by atoms with van der Waals surface area (Å²) in [4.78, 5) is 22.2. The molecule has 0 atom stereocenters. The van der Waals surface area contributed by atoms with Crippen molar-refractivity contribution in [1.29, 1.82) is 0 Å². The zero-order valence-electron chi connectivity index (χ0n) is 14.8. The third kappa shape index (κ3) is 5.43. The maximum atomic E-state index is 11.9.